The Morgan fingerprint density at radius 1 is 1.19 bits per heavy atom. The van der Waals surface area contributed by atoms with E-state index < -0.39 is 0 Å². The number of hydrogen-bond donors (Lipinski definition) is 3. The number of halogens is 1. The molecule has 0 bridgehead atoms. The number of imidazole rings is 1. The predicted molar refractivity (Wildman–Crippen MR) is 117 cm³/mol. The van der Waals surface area contributed by atoms with Crippen molar-refractivity contribution in [2.75, 3.05) is 11.9 Å². The SMILES string of the molecule is I.NC(=NCCn1c(=O)[nH]c2ccccc21)Nc1ccc2c(c1)CCC2. The third-order valence-corrected chi connectivity index (χ3v) is 4.66. The molecule has 0 saturated heterocycles. The summed E-state index contributed by atoms with van der Waals surface area (Å²) in [5.41, 5.74) is 11.4. The van der Waals surface area contributed by atoms with Crippen LogP contribution in [0.4, 0.5) is 5.69 Å². The number of guanidine groups is 1. The molecular formula is C19H22IN5O. The van der Waals surface area contributed by atoms with Crippen molar-refractivity contribution >= 4 is 46.7 Å². The van der Waals surface area contributed by atoms with E-state index in [2.05, 4.69) is 27.4 Å². The standard InChI is InChI=1S/C19H21N5O.HI/c20-18(22-15-9-8-13-4-3-5-14(13)12-15)21-10-11-24-17-7-2-1-6-16(17)23-19(24)25;/h1-2,6-9,12H,3-5,10-11H2,(H,23,25)(H3,20,21,22);1H. The van der Waals surface area contributed by atoms with Crippen molar-refractivity contribution in [1.29, 1.82) is 0 Å². The van der Waals surface area contributed by atoms with E-state index in [1.165, 1.54) is 24.0 Å². The topological polar surface area (TPSA) is 88.2 Å². The van der Waals surface area contributed by atoms with Crippen LogP contribution >= 0.6 is 24.0 Å². The normalized spacial score (nSPS) is 13.5. The van der Waals surface area contributed by atoms with E-state index in [1.54, 1.807) is 4.57 Å². The van der Waals surface area contributed by atoms with Gasteiger partial charge in [-0.15, -0.1) is 24.0 Å². The van der Waals surface area contributed by atoms with Gasteiger partial charge in [0.25, 0.3) is 0 Å². The minimum absolute atomic E-state index is 0. The fourth-order valence-electron chi connectivity index (χ4n) is 3.44. The molecule has 0 atom stereocenters. The lowest BCUT2D eigenvalue weighted by molar-refractivity contribution is 0.703. The molecule has 1 aliphatic carbocycles. The van der Waals surface area contributed by atoms with Crippen molar-refractivity contribution in [3.63, 3.8) is 0 Å². The van der Waals surface area contributed by atoms with Crippen LogP contribution in [0.5, 0.6) is 0 Å². The molecule has 0 unspecified atom stereocenters. The second-order valence-electron chi connectivity index (χ2n) is 6.33. The van der Waals surface area contributed by atoms with Crippen molar-refractivity contribution in [1.82, 2.24) is 9.55 Å². The van der Waals surface area contributed by atoms with Gasteiger partial charge in [0.15, 0.2) is 5.96 Å². The molecule has 2 aromatic carbocycles. The molecule has 1 aliphatic rings. The summed E-state index contributed by atoms with van der Waals surface area (Å²) in [6.07, 6.45) is 3.52. The molecule has 0 spiro atoms. The molecule has 1 heterocycles. The van der Waals surface area contributed by atoms with E-state index in [0.29, 0.717) is 19.0 Å². The fourth-order valence-corrected chi connectivity index (χ4v) is 3.44. The van der Waals surface area contributed by atoms with E-state index in [1.807, 2.05) is 30.3 Å². The number of aromatic amines is 1. The predicted octanol–water partition coefficient (Wildman–Crippen LogP) is 2.86. The Balaban J connectivity index is 0.00000196. The van der Waals surface area contributed by atoms with Crippen LogP contribution in [0, 0.1) is 0 Å². The number of para-hydroxylation sites is 2. The molecule has 0 saturated carbocycles. The highest BCUT2D eigenvalue weighted by molar-refractivity contribution is 14.0. The maximum atomic E-state index is 12.0. The molecule has 0 fully saturated rings. The van der Waals surface area contributed by atoms with E-state index >= 15 is 0 Å². The van der Waals surface area contributed by atoms with E-state index in [4.69, 9.17) is 5.73 Å². The lowest BCUT2D eigenvalue weighted by Crippen LogP contribution is -2.24. The van der Waals surface area contributed by atoms with Gasteiger partial charge in [0, 0.05) is 12.2 Å². The summed E-state index contributed by atoms with van der Waals surface area (Å²) in [6.45, 7) is 0.918. The zero-order valence-electron chi connectivity index (χ0n) is 14.4. The lowest BCUT2D eigenvalue weighted by Gasteiger charge is -2.08. The third kappa shape index (κ3) is 3.77. The van der Waals surface area contributed by atoms with Crippen LogP contribution in [-0.2, 0) is 19.4 Å². The molecule has 6 nitrogen and oxygen atoms in total. The van der Waals surface area contributed by atoms with Gasteiger partial charge in [-0.25, -0.2) is 4.79 Å². The largest absolute Gasteiger partial charge is 0.370 e. The van der Waals surface area contributed by atoms with E-state index in [-0.39, 0.29) is 29.7 Å². The molecule has 4 rings (SSSR count). The van der Waals surface area contributed by atoms with Crippen molar-refractivity contribution in [3.8, 4) is 0 Å². The van der Waals surface area contributed by atoms with Gasteiger partial charge in [-0.1, -0.05) is 18.2 Å². The minimum atomic E-state index is -0.124. The Morgan fingerprint density at radius 2 is 2.00 bits per heavy atom. The van der Waals surface area contributed by atoms with Crippen LogP contribution in [0.2, 0.25) is 0 Å². The quantitative estimate of drug-likeness (QED) is 0.316. The number of aryl methyl sites for hydroxylation is 2. The van der Waals surface area contributed by atoms with Gasteiger partial charge >= 0.3 is 5.69 Å². The smallest absolute Gasteiger partial charge is 0.326 e. The highest BCUT2D eigenvalue weighted by atomic mass is 127. The molecule has 7 heteroatoms. The Labute approximate surface area is 168 Å². The highest BCUT2D eigenvalue weighted by Crippen LogP contribution is 2.24. The summed E-state index contributed by atoms with van der Waals surface area (Å²) in [7, 11) is 0. The number of benzene rings is 2. The Kier molecular flexibility index (Phi) is 5.65. The first-order valence-electron chi connectivity index (χ1n) is 8.57. The number of anilines is 1. The van der Waals surface area contributed by atoms with Crippen LogP contribution in [-0.4, -0.2) is 22.1 Å². The number of aromatic nitrogens is 2. The van der Waals surface area contributed by atoms with E-state index in [0.717, 1.165) is 23.1 Å². The second kappa shape index (κ2) is 7.94. The number of aliphatic imine (C=N–C) groups is 1. The monoisotopic (exact) mass is 463 g/mol. The van der Waals surface area contributed by atoms with Crippen molar-refractivity contribution in [2.45, 2.75) is 25.8 Å². The van der Waals surface area contributed by atoms with Crippen LogP contribution < -0.4 is 16.7 Å². The van der Waals surface area contributed by atoms with Gasteiger partial charge < -0.3 is 16.0 Å². The third-order valence-electron chi connectivity index (χ3n) is 4.66. The zero-order valence-corrected chi connectivity index (χ0v) is 16.7. The van der Waals surface area contributed by atoms with Gasteiger partial charge in [0.2, 0.25) is 0 Å². The van der Waals surface area contributed by atoms with Gasteiger partial charge in [-0.3, -0.25) is 9.56 Å². The number of fused-ring (bicyclic) bond motifs is 2. The molecular weight excluding hydrogens is 441 g/mol. The average molecular weight is 463 g/mol. The fraction of sp³-hybridized carbons (Fsp3) is 0.263. The van der Waals surface area contributed by atoms with Gasteiger partial charge in [-0.05, 0) is 54.7 Å². The number of hydrogen-bond acceptors (Lipinski definition) is 2. The molecule has 4 N–H and O–H groups in total. The lowest BCUT2D eigenvalue weighted by atomic mass is 10.1. The molecule has 0 aliphatic heterocycles. The first-order chi connectivity index (χ1) is 12.2. The maximum Gasteiger partial charge on any atom is 0.326 e. The summed E-state index contributed by atoms with van der Waals surface area (Å²) in [4.78, 5) is 19.2. The van der Waals surface area contributed by atoms with Crippen LogP contribution in [0.15, 0.2) is 52.3 Å². The van der Waals surface area contributed by atoms with Gasteiger partial charge in [0.05, 0.1) is 17.6 Å². The number of H-pyrrole nitrogens is 1. The molecule has 136 valence electrons. The summed E-state index contributed by atoms with van der Waals surface area (Å²) < 4.78 is 1.68. The average Bonchev–Trinajstić information content (AvgIpc) is 3.19. The second-order valence-corrected chi connectivity index (χ2v) is 6.33. The first kappa shape index (κ1) is 18.5. The molecule has 0 amide bonds. The van der Waals surface area contributed by atoms with Crippen molar-refractivity contribution in [2.24, 2.45) is 10.7 Å². The van der Waals surface area contributed by atoms with Gasteiger partial charge in [-0.2, -0.15) is 0 Å². The van der Waals surface area contributed by atoms with Gasteiger partial charge in [0.1, 0.15) is 0 Å². The molecule has 26 heavy (non-hydrogen) atoms. The summed E-state index contributed by atoms with van der Waals surface area (Å²) in [6, 6.07) is 14.0. The first-order valence-corrected chi connectivity index (χ1v) is 8.57. The summed E-state index contributed by atoms with van der Waals surface area (Å²) in [5.74, 6) is 0.367. The number of nitrogens with one attached hydrogen (secondary N) is 2. The van der Waals surface area contributed by atoms with Crippen LogP contribution in [0.1, 0.15) is 17.5 Å². The zero-order chi connectivity index (χ0) is 17.2. The Hall–Kier alpha value is -2.29. The number of rotatable bonds is 4. The number of nitrogens with two attached hydrogens (primary N) is 1. The summed E-state index contributed by atoms with van der Waals surface area (Å²) >= 11 is 0. The maximum absolute atomic E-state index is 12.0. The molecule has 3 aromatic rings. The molecule has 0 radical (unpaired) electrons. The van der Waals surface area contributed by atoms with Crippen molar-refractivity contribution in [3.05, 3.63) is 64.1 Å². The van der Waals surface area contributed by atoms with Crippen molar-refractivity contribution < 1.29 is 0 Å². The Morgan fingerprint density at radius 3 is 2.88 bits per heavy atom. The van der Waals surface area contributed by atoms with Crippen LogP contribution in [0.25, 0.3) is 11.0 Å². The Bertz CT molecular complexity index is 1000. The number of nitrogens with zero attached hydrogens (tertiary/aromatic N) is 2. The van der Waals surface area contributed by atoms with Crippen LogP contribution in [0.3, 0.4) is 0 Å². The summed E-state index contributed by atoms with van der Waals surface area (Å²) in [5, 5.41) is 3.14. The van der Waals surface area contributed by atoms with E-state index in [9.17, 15) is 4.79 Å². The minimum Gasteiger partial charge on any atom is -0.370 e. The highest BCUT2D eigenvalue weighted by Gasteiger charge is 2.11. The molecule has 1 aromatic heterocycles.